The fourth-order valence-electron chi connectivity index (χ4n) is 1.99. The molecule has 14 heavy (non-hydrogen) atoms. The number of hydrogen-bond donors (Lipinski definition) is 2. The van der Waals surface area contributed by atoms with Crippen LogP contribution < -0.4 is 15.8 Å². The van der Waals surface area contributed by atoms with Crippen LogP contribution in [0.15, 0.2) is 18.2 Å². The average Bonchev–Trinajstić information content (AvgIpc) is 2.17. The molecule has 1 heterocycles. The molecule has 3 heteroatoms. The zero-order valence-corrected chi connectivity index (χ0v) is 8.58. The monoisotopic (exact) mass is 192 g/mol. The third kappa shape index (κ3) is 1.44. The van der Waals surface area contributed by atoms with Gasteiger partial charge in [0.1, 0.15) is 5.75 Å². The standard InChI is InChI=1S/C11H16N2O/c1-7-6-9(12)8-4-3-5-10(14-2)11(8)13-7/h3-5,7,9,13H,6,12H2,1-2H3. The van der Waals surface area contributed by atoms with Gasteiger partial charge in [-0.15, -0.1) is 0 Å². The second kappa shape index (κ2) is 3.50. The van der Waals surface area contributed by atoms with Gasteiger partial charge in [0.25, 0.3) is 0 Å². The molecule has 1 aliphatic rings. The van der Waals surface area contributed by atoms with Crippen molar-refractivity contribution in [3.05, 3.63) is 23.8 Å². The SMILES string of the molecule is COc1cccc2c1NC(C)CC2N. The van der Waals surface area contributed by atoms with Crippen LogP contribution in [0, 0.1) is 0 Å². The summed E-state index contributed by atoms with van der Waals surface area (Å²) in [5.41, 5.74) is 8.28. The molecule has 76 valence electrons. The van der Waals surface area contributed by atoms with Gasteiger partial charge in [-0.05, 0) is 25.0 Å². The minimum atomic E-state index is 0.122. The third-order valence-corrected chi connectivity index (χ3v) is 2.68. The molecular weight excluding hydrogens is 176 g/mol. The Morgan fingerprint density at radius 1 is 1.50 bits per heavy atom. The molecule has 0 spiro atoms. The highest BCUT2D eigenvalue weighted by molar-refractivity contribution is 5.65. The van der Waals surface area contributed by atoms with Gasteiger partial charge in [-0.3, -0.25) is 0 Å². The van der Waals surface area contributed by atoms with Crippen molar-refractivity contribution in [2.75, 3.05) is 12.4 Å². The molecule has 3 nitrogen and oxygen atoms in total. The number of hydrogen-bond acceptors (Lipinski definition) is 3. The third-order valence-electron chi connectivity index (χ3n) is 2.68. The maximum atomic E-state index is 6.06. The predicted octanol–water partition coefficient (Wildman–Crippen LogP) is 1.90. The molecule has 0 aromatic heterocycles. The number of nitrogens with two attached hydrogens (primary N) is 1. The Balaban J connectivity index is 2.47. The van der Waals surface area contributed by atoms with Gasteiger partial charge in [0.2, 0.25) is 0 Å². The van der Waals surface area contributed by atoms with Crippen LogP contribution in [0.4, 0.5) is 5.69 Å². The average molecular weight is 192 g/mol. The van der Waals surface area contributed by atoms with E-state index in [0.717, 1.165) is 23.4 Å². The van der Waals surface area contributed by atoms with E-state index in [4.69, 9.17) is 10.5 Å². The molecular formula is C11H16N2O. The van der Waals surface area contributed by atoms with E-state index >= 15 is 0 Å². The van der Waals surface area contributed by atoms with E-state index in [1.165, 1.54) is 0 Å². The Hall–Kier alpha value is -1.22. The summed E-state index contributed by atoms with van der Waals surface area (Å²) >= 11 is 0. The zero-order valence-electron chi connectivity index (χ0n) is 8.58. The fourth-order valence-corrected chi connectivity index (χ4v) is 1.99. The summed E-state index contributed by atoms with van der Waals surface area (Å²) in [7, 11) is 1.68. The lowest BCUT2D eigenvalue weighted by Crippen LogP contribution is -2.29. The van der Waals surface area contributed by atoms with Gasteiger partial charge in [-0.1, -0.05) is 12.1 Å². The van der Waals surface area contributed by atoms with Crippen molar-refractivity contribution in [2.24, 2.45) is 5.73 Å². The summed E-state index contributed by atoms with van der Waals surface area (Å²) in [6.45, 7) is 2.13. The largest absolute Gasteiger partial charge is 0.495 e. The van der Waals surface area contributed by atoms with E-state index in [2.05, 4.69) is 18.3 Å². The van der Waals surface area contributed by atoms with Crippen LogP contribution in [0.1, 0.15) is 24.9 Å². The lowest BCUT2D eigenvalue weighted by molar-refractivity contribution is 0.412. The molecule has 1 aromatic rings. The molecule has 0 radical (unpaired) electrons. The first kappa shape index (κ1) is 9.34. The zero-order chi connectivity index (χ0) is 10.1. The first-order chi connectivity index (χ1) is 6.72. The first-order valence-electron chi connectivity index (χ1n) is 4.91. The van der Waals surface area contributed by atoms with E-state index in [9.17, 15) is 0 Å². The maximum absolute atomic E-state index is 6.06. The molecule has 0 fully saturated rings. The Kier molecular flexibility index (Phi) is 2.33. The van der Waals surface area contributed by atoms with Crippen molar-refractivity contribution >= 4 is 5.69 Å². The van der Waals surface area contributed by atoms with Gasteiger partial charge < -0.3 is 15.8 Å². The summed E-state index contributed by atoms with van der Waals surface area (Å²) in [5, 5.41) is 3.40. The van der Waals surface area contributed by atoms with Gasteiger partial charge >= 0.3 is 0 Å². The molecule has 2 atom stereocenters. The molecule has 2 unspecified atom stereocenters. The van der Waals surface area contributed by atoms with Crippen molar-refractivity contribution in [3.63, 3.8) is 0 Å². The summed E-state index contributed by atoms with van der Waals surface area (Å²) < 4.78 is 5.29. The van der Waals surface area contributed by atoms with Crippen LogP contribution >= 0.6 is 0 Å². The number of fused-ring (bicyclic) bond motifs is 1. The molecule has 1 aromatic carbocycles. The lowest BCUT2D eigenvalue weighted by atomic mass is 9.94. The molecule has 2 rings (SSSR count). The van der Waals surface area contributed by atoms with Crippen LogP contribution in [0.25, 0.3) is 0 Å². The second-order valence-corrected chi connectivity index (χ2v) is 3.81. The highest BCUT2D eigenvalue weighted by Gasteiger charge is 2.23. The number of rotatable bonds is 1. The van der Waals surface area contributed by atoms with Gasteiger partial charge in [0.05, 0.1) is 12.8 Å². The number of anilines is 1. The highest BCUT2D eigenvalue weighted by Crippen LogP contribution is 2.37. The fraction of sp³-hybridized carbons (Fsp3) is 0.455. The van der Waals surface area contributed by atoms with Crippen LogP contribution in [0.5, 0.6) is 5.75 Å². The number of ether oxygens (including phenoxy) is 1. The normalized spacial score (nSPS) is 25.1. The Bertz CT molecular complexity index is 338. The van der Waals surface area contributed by atoms with E-state index < -0.39 is 0 Å². The summed E-state index contributed by atoms with van der Waals surface area (Å²) in [4.78, 5) is 0. The van der Waals surface area contributed by atoms with Crippen molar-refractivity contribution < 1.29 is 4.74 Å². The molecule has 0 saturated carbocycles. The second-order valence-electron chi connectivity index (χ2n) is 3.81. The number of nitrogens with one attached hydrogen (secondary N) is 1. The van der Waals surface area contributed by atoms with E-state index in [1.54, 1.807) is 7.11 Å². The van der Waals surface area contributed by atoms with Gasteiger partial charge in [0.15, 0.2) is 0 Å². The van der Waals surface area contributed by atoms with Gasteiger partial charge in [0, 0.05) is 12.1 Å². The van der Waals surface area contributed by atoms with Crippen LogP contribution in [-0.4, -0.2) is 13.2 Å². The molecule has 0 aliphatic carbocycles. The highest BCUT2D eigenvalue weighted by atomic mass is 16.5. The van der Waals surface area contributed by atoms with Gasteiger partial charge in [-0.2, -0.15) is 0 Å². The number of benzene rings is 1. The number of methoxy groups -OCH3 is 1. The minimum Gasteiger partial charge on any atom is -0.495 e. The maximum Gasteiger partial charge on any atom is 0.142 e. The van der Waals surface area contributed by atoms with Gasteiger partial charge in [-0.25, -0.2) is 0 Å². The molecule has 0 saturated heterocycles. The van der Waals surface area contributed by atoms with E-state index in [-0.39, 0.29) is 6.04 Å². The van der Waals surface area contributed by atoms with Crippen molar-refractivity contribution in [2.45, 2.75) is 25.4 Å². The van der Waals surface area contributed by atoms with Crippen molar-refractivity contribution in [3.8, 4) is 5.75 Å². The van der Waals surface area contributed by atoms with Crippen LogP contribution in [0.3, 0.4) is 0 Å². The summed E-state index contributed by atoms with van der Waals surface area (Å²) in [6.07, 6.45) is 0.972. The first-order valence-corrected chi connectivity index (χ1v) is 4.91. The van der Waals surface area contributed by atoms with Crippen LogP contribution in [-0.2, 0) is 0 Å². The molecule has 0 bridgehead atoms. The molecule has 3 N–H and O–H groups in total. The Morgan fingerprint density at radius 2 is 2.29 bits per heavy atom. The predicted molar refractivity (Wildman–Crippen MR) is 57.6 cm³/mol. The van der Waals surface area contributed by atoms with Crippen LogP contribution in [0.2, 0.25) is 0 Å². The molecule has 1 aliphatic heterocycles. The number of para-hydroxylation sites is 1. The van der Waals surface area contributed by atoms with Crippen molar-refractivity contribution in [1.29, 1.82) is 0 Å². The summed E-state index contributed by atoms with van der Waals surface area (Å²) in [5.74, 6) is 0.879. The Labute approximate surface area is 84.3 Å². The van der Waals surface area contributed by atoms with Crippen molar-refractivity contribution in [1.82, 2.24) is 0 Å². The lowest BCUT2D eigenvalue weighted by Gasteiger charge is -2.30. The quantitative estimate of drug-likeness (QED) is 0.714. The topological polar surface area (TPSA) is 47.3 Å². The van der Waals surface area contributed by atoms with E-state index in [0.29, 0.717) is 6.04 Å². The smallest absolute Gasteiger partial charge is 0.142 e. The minimum absolute atomic E-state index is 0.122. The molecule has 0 amide bonds. The summed E-state index contributed by atoms with van der Waals surface area (Å²) in [6, 6.07) is 6.53. The van der Waals surface area contributed by atoms with E-state index in [1.807, 2.05) is 12.1 Å². The Morgan fingerprint density at radius 3 is 3.00 bits per heavy atom.